The van der Waals surface area contributed by atoms with E-state index >= 15 is 0 Å². The molecule has 2 atom stereocenters. The first-order valence-electron chi connectivity index (χ1n) is 5.46. The number of aldehydes is 1. The maximum Gasteiger partial charge on any atom is 0.153 e. The van der Waals surface area contributed by atoms with E-state index in [4.69, 9.17) is 9.47 Å². The number of hydrogen-bond acceptors (Lipinski definition) is 3. The normalized spacial score (nSPS) is 14.2. The Morgan fingerprint density at radius 1 is 1.38 bits per heavy atom. The fourth-order valence-electron chi connectivity index (χ4n) is 1.65. The van der Waals surface area contributed by atoms with Crippen LogP contribution >= 0.6 is 0 Å². The molecular formula is C13H18O3. The van der Waals surface area contributed by atoms with Crippen molar-refractivity contribution in [2.24, 2.45) is 0 Å². The van der Waals surface area contributed by atoms with E-state index < -0.39 is 0 Å². The first-order valence-corrected chi connectivity index (χ1v) is 5.46. The van der Waals surface area contributed by atoms with Gasteiger partial charge in [0.1, 0.15) is 11.9 Å². The highest BCUT2D eigenvalue weighted by atomic mass is 16.5. The van der Waals surface area contributed by atoms with Gasteiger partial charge in [-0.05, 0) is 25.5 Å². The van der Waals surface area contributed by atoms with Gasteiger partial charge in [0.05, 0.1) is 11.7 Å². The van der Waals surface area contributed by atoms with Crippen molar-refractivity contribution in [3.8, 4) is 5.75 Å². The van der Waals surface area contributed by atoms with Gasteiger partial charge in [-0.1, -0.05) is 19.1 Å². The molecule has 0 spiro atoms. The number of ether oxygens (including phenoxy) is 2. The predicted octanol–water partition coefficient (Wildman–Crippen LogP) is 2.69. The van der Waals surface area contributed by atoms with E-state index in [2.05, 4.69) is 0 Å². The molecule has 0 heterocycles. The summed E-state index contributed by atoms with van der Waals surface area (Å²) in [4.78, 5) is 10.8. The molecule has 0 saturated heterocycles. The van der Waals surface area contributed by atoms with Crippen LogP contribution in [0.3, 0.4) is 0 Å². The number of carbonyl (C=O) groups excluding carboxylic acids is 1. The van der Waals surface area contributed by atoms with Crippen LogP contribution in [0.4, 0.5) is 0 Å². The van der Waals surface area contributed by atoms with Crippen LogP contribution in [0, 0.1) is 0 Å². The molecule has 1 aromatic rings. The van der Waals surface area contributed by atoms with E-state index in [0.717, 1.165) is 12.7 Å². The number of benzene rings is 1. The van der Waals surface area contributed by atoms with E-state index in [-0.39, 0.29) is 12.2 Å². The predicted molar refractivity (Wildman–Crippen MR) is 63.0 cm³/mol. The molecule has 0 bridgehead atoms. The first kappa shape index (κ1) is 12.7. The smallest absolute Gasteiger partial charge is 0.153 e. The fourth-order valence-corrected chi connectivity index (χ4v) is 1.65. The zero-order chi connectivity index (χ0) is 12.0. The Kier molecular flexibility index (Phi) is 4.99. The molecule has 0 saturated carbocycles. The van der Waals surface area contributed by atoms with E-state index in [0.29, 0.717) is 11.3 Å². The van der Waals surface area contributed by atoms with Gasteiger partial charge in [-0.25, -0.2) is 0 Å². The summed E-state index contributed by atoms with van der Waals surface area (Å²) in [7, 11) is 1.67. The Hall–Kier alpha value is -1.35. The minimum absolute atomic E-state index is 0.0414. The van der Waals surface area contributed by atoms with Crippen LogP contribution in [0.2, 0.25) is 0 Å². The second-order valence-corrected chi connectivity index (χ2v) is 3.66. The van der Waals surface area contributed by atoms with Crippen LogP contribution in [-0.4, -0.2) is 25.6 Å². The van der Waals surface area contributed by atoms with Crippen molar-refractivity contribution in [1.82, 2.24) is 0 Å². The average molecular weight is 222 g/mol. The number of para-hydroxylation sites is 1. The number of rotatable bonds is 6. The number of hydrogen-bond donors (Lipinski definition) is 0. The molecule has 0 N–H and O–H groups in total. The lowest BCUT2D eigenvalue weighted by molar-refractivity contribution is 0.00868. The lowest BCUT2D eigenvalue weighted by atomic mass is 10.1. The third kappa shape index (κ3) is 3.07. The molecule has 1 aromatic carbocycles. The summed E-state index contributed by atoms with van der Waals surface area (Å²) >= 11 is 0. The van der Waals surface area contributed by atoms with E-state index in [1.54, 1.807) is 19.2 Å². The highest BCUT2D eigenvalue weighted by Crippen LogP contribution is 2.19. The highest BCUT2D eigenvalue weighted by Gasteiger charge is 2.17. The van der Waals surface area contributed by atoms with Gasteiger partial charge in [0, 0.05) is 7.11 Å². The van der Waals surface area contributed by atoms with Crippen molar-refractivity contribution in [1.29, 1.82) is 0 Å². The monoisotopic (exact) mass is 222 g/mol. The van der Waals surface area contributed by atoms with Gasteiger partial charge in [0.25, 0.3) is 0 Å². The van der Waals surface area contributed by atoms with E-state index in [1.807, 2.05) is 26.0 Å². The molecule has 0 aliphatic carbocycles. The van der Waals surface area contributed by atoms with Crippen molar-refractivity contribution in [2.45, 2.75) is 32.5 Å². The fraction of sp³-hybridized carbons (Fsp3) is 0.462. The quantitative estimate of drug-likeness (QED) is 0.694. The van der Waals surface area contributed by atoms with Gasteiger partial charge in [-0.3, -0.25) is 4.79 Å². The molecule has 0 fully saturated rings. The topological polar surface area (TPSA) is 35.5 Å². The summed E-state index contributed by atoms with van der Waals surface area (Å²) in [5.41, 5.74) is 0.570. The summed E-state index contributed by atoms with van der Waals surface area (Å²) < 4.78 is 11.0. The van der Waals surface area contributed by atoms with Crippen LogP contribution < -0.4 is 4.74 Å². The van der Waals surface area contributed by atoms with Crippen LogP contribution in [0.1, 0.15) is 30.6 Å². The molecule has 1 rings (SSSR count). The Bertz CT molecular complexity index is 332. The maximum absolute atomic E-state index is 10.8. The third-order valence-electron chi connectivity index (χ3n) is 2.59. The van der Waals surface area contributed by atoms with Crippen LogP contribution in [0.15, 0.2) is 24.3 Å². The summed E-state index contributed by atoms with van der Waals surface area (Å²) in [5, 5.41) is 0. The number of methoxy groups -OCH3 is 1. The zero-order valence-electron chi connectivity index (χ0n) is 9.97. The zero-order valence-corrected chi connectivity index (χ0v) is 9.97. The minimum Gasteiger partial charge on any atom is -0.487 e. The lowest BCUT2D eigenvalue weighted by Crippen LogP contribution is -2.30. The summed E-state index contributed by atoms with van der Waals surface area (Å²) in [6.07, 6.45) is 1.65. The Labute approximate surface area is 96.4 Å². The van der Waals surface area contributed by atoms with Crippen molar-refractivity contribution < 1.29 is 14.3 Å². The molecule has 16 heavy (non-hydrogen) atoms. The molecule has 0 radical (unpaired) electrons. The van der Waals surface area contributed by atoms with E-state index in [9.17, 15) is 4.79 Å². The van der Waals surface area contributed by atoms with Gasteiger partial charge >= 0.3 is 0 Å². The summed E-state index contributed by atoms with van der Waals surface area (Å²) in [5.74, 6) is 0.612. The summed E-state index contributed by atoms with van der Waals surface area (Å²) in [6, 6.07) is 7.20. The highest BCUT2D eigenvalue weighted by molar-refractivity contribution is 5.79. The van der Waals surface area contributed by atoms with Crippen molar-refractivity contribution in [3.63, 3.8) is 0 Å². The second kappa shape index (κ2) is 6.28. The minimum atomic E-state index is -0.0731. The van der Waals surface area contributed by atoms with Crippen LogP contribution in [0.25, 0.3) is 0 Å². The average Bonchev–Trinajstić information content (AvgIpc) is 2.31. The molecule has 0 amide bonds. The van der Waals surface area contributed by atoms with Gasteiger partial charge in [0.15, 0.2) is 6.29 Å². The van der Waals surface area contributed by atoms with Crippen molar-refractivity contribution >= 4 is 6.29 Å². The van der Waals surface area contributed by atoms with Crippen LogP contribution in [0.5, 0.6) is 5.75 Å². The molecule has 0 aliphatic rings. The molecule has 0 aromatic heterocycles. The molecular weight excluding hydrogens is 204 g/mol. The maximum atomic E-state index is 10.8. The van der Waals surface area contributed by atoms with Crippen LogP contribution in [-0.2, 0) is 4.74 Å². The summed E-state index contributed by atoms with van der Waals surface area (Å²) in [6.45, 7) is 3.99. The number of carbonyl (C=O) groups is 1. The molecule has 2 unspecified atom stereocenters. The van der Waals surface area contributed by atoms with Crippen molar-refractivity contribution in [2.75, 3.05) is 7.11 Å². The largest absolute Gasteiger partial charge is 0.487 e. The molecule has 3 nitrogen and oxygen atoms in total. The van der Waals surface area contributed by atoms with Crippen molar-refractivity contribution in [3.05, 3.63) is 29.8 Å². The Morgan fingerprint density at radius 3 is 2.62 bits per heavy atom. The van der Waals surface area contributed by atoms with Gasteiger partial charge in [-0.15, -0.1) is 0 Å². The second-order valence-electron chi connectivity index (χ2n) is 3.66. The third-order valence-corrected chi connectivity index (χ3v) is 2.59. The van der Waals surface area contributed by atoms with E-state index in [1.165, 1.54) is 0 Å². The van der Waals surface area contributed by atoms with Gasteiger partial charge in [-0.2, -0.15) is 0 Å². The lowest BCUT2D eigenvalue weighted by Gasteiger charge is -2.23. The molecule has 3 heteroatoms. The molecule has 88 valence electrons. The Morgan fingerprint density at radius 2 is 2.06 bits per heavy atom. The Balaban J connectivity index is 2.75. The first-order chi connectivity index (χ1) is 7.72. The molecule has 0 aliphatic heterocycles. The SMILES string of the molecule is CCC(OC)C(C)Oc1ccccc1C=O. The van der Waals surface area contributed by atoms with Gasteiger partial charge in [0.2, 0.25) is 0 Å². The van der Waals surface area contributed by atoms with Gasteiger partial charge < -0.3 is 9.47 Å². The standard InChI is InChI=1S/C13H18O3/c1-4-12(15-3)10(2)16-13-8-6-5-7-11(13)9-14/h5-10,12H,4H2,1-3H3.